The molecule has 21 heavy (non-hydrogen) atoms. The molecule has 0 radical (unpaired) electrons. The zero-order chi connectivity index (χ0) is 14.5. The van der Waals surface area contributed by atoms with Crippen LogP contribution in [-0.2, 0) is 0 Å². The third-order valence-corrected chi connectivity index (χ3v) is 3.32. The second kappa shape index (κ2) is 6.49. The van der Waals surface area contributed by atoms with Crippen LogP contribution in [0.15, 0.2) is 60.9 Å². The van der Waals surface area contributed by atoms with E-state index in [4.69, 9.17) is 0 Å². The Labute approximate surface area is 136 Å². The number of halogens is 1. The van der Waals surface area contributed by atoms with Crippen LogP contribution in [0.4, 0.5) is 17.5 Å². The second-order valence-electron chi connectivity index (χ2n) is 4.28. The quantitative estimate of drug-likeness (QED) is 0.521. The van der Waals surface area contributed by atoms with Gasteiger partial charge in [0.2, 0.25) is 5.95 Å². The Morgan fingerprint density at radius 1 is 0.905 bits per heavy atom. The van der Waals surface area contributed by atoms with Gasteiger partial charge < -0.3 is 5.32 Å². The van der Waals surface area contributed by atoms with E-state index in [2.05, 4.69) is 23.8 Å². The smallest absolute Gasteiger partial charge is 0.232 e. The molecular formula is C15H12IN5. The molecule has 0 aliphatic carbocycles. The van der Waals surface area contributed by atoms with Gasteiger partial charge in [0.1, 0.15) is 5.82 Å². The van der Waals surface area contributed by atoms with E-state index in [9.17, 15) is 0 Å². The predicted molar refractivity (Wildman–Crippen MR) is 92.6 cm³/mol. The van der Waals surface area contributed by atoms with Gasteiger partial charge in [-0.25, -0.2) is 15.0 Å². The molecule has 104 valence electrons. The lowest BCUT2D eigenvalue weighted by Crippen LogP contribution is -1.95. The van der Waals surface area contributed by atoms with E-state index >= 15 is 0 Å². The number of benzene rings is 1. The van der Waals surface area contributed by atoms with Crippen molar-refractivity contribution in [2.75, 3.05) is 8.85 Å². The van der Waals surface area contributed by atoms with Crippen LogP contribution in [0, 0.1) is 0 Å². The summed E-state index contributed by atoms with van der Waals surface area (Å²) >= 11 is 2.01. The van der Waals surface area contributed by atoms with Crippen LogP contribution in [0.2, 0.25) is 0 Å². The molecule has 0 amide bonds. The minimum atomic E-state index is 0.586. The zero-order valence-electron chi connectivity index (χ0n) is 11.0. The van der Waals surface area contributed by atoms with Crippen molar-refractivity contribution < 1.29 is 0 Å². The number of hydrogen-bond acceptors (Lipinski definition) is 5. The van der Waals surface area contributed by atoms with E-state index in [-0.39, 0.29) is 0 Å². The van der Waals surface area contributed by atoms with Crippen molar-refractivity contribution in [3.05, 3.63) is 60.9 Å². The van der Waals surface area contributed by atoms with Gasteiger partial charge in [0.25, 0.3) is 0 Å². The molecule has 0 fully saturated rings. The summed E-state index contributed by atoms with van der Waals surface area (Å²) in [6.07, 6.45) is 3.49. The van der Waals surface area contributed by atoms with Gasteiger partial charge in [0.15, 0.2) is 0 Å². The number of anilines is 3. The van der Waals surface area contributed by atoms with Gasteiger partial charge >= 0.3 is 0 Å². The highest BCUT2D eigenvalue weighted by molar-refractivity contribution is 14.1. The van der Waals surface area contributed by atoms with Crippen molar-refractivity contribution in [1.29, 1.82) is 0 Å². The van der Waals surface area contributed by atoms with E-state index in [0.29, 0.717) is 5.95 Å². The predicted octanol–water partition coefficient (Wildman–Crippen LogP) is 4.04. The number of para-hydroxylation sites is 1. The van der Waals surface area contributed by atoms with Crippen molar-refractivity contribution in [3.63, 3.8) is 0 Å². The average Bonchev–Trinajstić information content (AvgIpc) is 2.56. The van der Waals surface area contributed by atoms with Gasteiger partial charge in [-0.05, 0) is 30.3 Å². The molecule has 0 saturated carbocycles. The normalized spacial score (nSPS) is 10.1. The van der Waals surface area contributed by atoms with Crippen LogP contribution >= 0.6 is 22.9 Å². The molecule has 1 aromatic carbocycles. The zero-order valence-corrected chi connectivity index (χ0v) is 13.2. The molecule has 0 aliphatic rings. The Hall–Kier alpha value is -2.22. The van der Waals surface area contributed by atoms with Crippen LogP contribution in [0.25, 0.3) is 11.3 Å². The molecule has 3 rings (SSSR count). The minimum absolute atomic E-state index is 0.586. The molecule has 2 aromatic heterocycles. The first kappa shape index (κ1) is 13.7. The summed E-state index contributed by atoms with van der Waals surface area (Å²) in [5.41, 5.74) is 2.83. The van der Waals surface area contributed by atoms with Crippen LogP contribution in [0.5, 0.6) is 0 Å². The first-order chi connectivity index (χ1) is 10.3. The Morgan fingerprint density at radius 2 is 1.71 bits per heavy atom. The summed E-state index contributed by atoms with van der Waals surface area (Å²) in [7, 11) is 0. The molecule has 6 heteroatoms. The van der Waals surface area contributed by atoms with E-state index in [1.165, 1.54) is 0 Å². The van der Waals surface area contributed by atoms with Gasteiger partial charge in [0.05, 0.1) is 28.6 Å². The van der Waals surface area contributed by atoms with Crippen molar-refractivity contribution in [2.24, 2.45) is 0 Å². The summed E-state index contributed by atoms with van der Waals surface area (Å²) < 4.78 is 2.91. The van der Waals surface area contributed by atoms with Crippen molar-refractivity contribution in [3.8, 4) is 11.3 Å². The molecule has 0 atom stereocenters. The number of nitrogens with zero attached hydrogens (tertiary/aromatic N) is 3. The fraction of sp³-hybridized carbons (Fsp3) is 0. The lowest BCUT2D eigenvalue weighted by Gasteiger charge is -2.07. The van der Waals surface area contributed by atoms with Gasteiger partial charge in [-0.3, -0.25) is 3.53 Å². The number of pyridine rings is 1. The van der Waals surface area contributed by atoms with E-state index in [0.717, 1.165) is 22.8 Å². The number of hydrogen-bond donors (Lipinski definition) is 2. The van der Waals surface area contributed by atoms with Crippen LogP contribution in [-0.4, -0.2) is 15.0 Å². The Balaban J connectivity index is 1.89. The summed E-state index contributed by atoms with van der Waals surface area (Å²) in [6, 6.07) is 15.7. The molecule has 0 bridgehead atoms. The Bertz CT molecular complexity index is 733. The van der Waals surface area contributed by atoms with Crippen LogP contribution < -0.4 is 8.85 Å². The molecule has 0 unspecified atom stereocenters. The molecule has 0 aliphatic heterocycles. The van der Waals surface area contributed by atoms with Crippen molar-refractivity contribution in [2.45, 2.75) is 0 Å². The van der Waals surface area contributed by atoms with E-state index < -0.39 is 0 Å². The first-order valence-electron chi connectivity index (χ1n) is 6.33. The van der Waals surface area contributed by atoms with Gasteiger partial charge in [-0.15, -0.1) is 0 Å². The Kier molecular flexibility index (Phi) is 4.25. The maximum Gasteiger partial charge on any atom is 0.232 e. The highest BCUT2D eigenvalue weighted by Gasteiger charge is 2.04. The van der Waals surface area contributed by atoms with Crippen molar-refractivity contribution in [1.82, 2.24) is 15.0 Å². The third-order valence-electron chi connectivity index (χ3n) is 2.84. The minimum Gasteiger partial charge on any atom is -0.340 e. The summed E-state index contributed by atoms with van der Waals surface area (Å²) in [4.78, 5) is 12.9. The number of aromatic nitrogens is 3. The number of nitrogens with one attached hydrogen (secondary N) is 2. The van der Waals surface area contributed by atoms with E-state index in [1.807, 2.05) is 71.4 Å². The second-order valence-corrected chi connectivity index (χ2v) is 4.82. The lowest BCUT2D eigenvalue weighted by atomic mass is 10.2. The summed E-state index contributed by atoms with van der Waals surface area (Å²) in [5, 5.41) is 3.27. The molecule has 2 heterocycles. The summed E-state index contributed by atoms with van der Waals surface area (Å²) in [6.45, 7) is 0. The van der Waals surface area contributed by atoms with Gasteiger partial charge in [-0.1, -0.05) is 18.2 Å². The standard InChI is InChI=1S/C15H12IN5/c16-21-15-18-9-7-13(20-15)11-6-8-17-14(10-11)19-12-4-2-1-3-5-12/h1-10H,(H,17,19)(H,18,20,21). The lowest BCUT2D eigenvalue weighted by molar-refractivity contribution is 1.19. The molecule has 0 spiro atoms. The summed E-state index contributed by atoms with van der Waals surface area (Å²) in [5.74, 6) is 1.36. The largest absolute Gasteiger partial charge is 0.340 e. The first-order valence-corrected chi connectivity index (χ1v) is 7.41. The molecular weight excluding hydrogens is 377 g/mol. The monoisotopic (exact) mass is 389 g/mol. The fourth-order valence-electron chi connectivity index (χ4n) is 1.89. The Morgan fingerprint density at radius 3 is 2.52 bits per heavy atom. The maximum absolute atomic E-state index is 4.42. The third kappa shape index (κ3) is 3.46. The fourth-order valence-corrected chi connectivity index (χ4v) is 2.15. The molecule has 2 N–H and O–H groups in total. The maximum atomic E-state index is 4.42. The SMILES string of the molecule is INc1nccc(-c2ccnc(Nc3ccccc3)c2)n1. The molecule has 3 aromatic rings. The van der Waals surface area contributed by atoms with Crippen LogP contribution in [0.1, 0.15) is 0 Å². The van der Waals surface area contributed by atoms with E-state index in [1.54, 1.807) is 12.4 Å². The topological polar surface area (TPSA) is 62.7 Å². The molecule has 5 nitrogen and oxygen atoms in total. The highest BCUT2D eigenvalue weighted by Crippen LogP contribution is 2.22. The van der Waals surface area contributed by atoms with Crippen molar-refractivity contribution >= 4 is 40.3 Å². The number of rotatable bonds is 4. The molecule has 0 saturated heterocycles. The highest BCUT2D eigenvalue weighted by atomic mass is 127. The average molecular weight is 389 g/mol. The van der Waals surface area contributed by atoms with Crippen LogP contribution in [0.3, 0.4) is 0 Å². The van der Waals surface area contributed by atoms with Gasteiger partial charge in [-0.2, -0.15) is 0 Å². The van der Waals surface area contributed by atoms with Gasteiger partial charge in [0, 0.05) is 23.6 Å².